The first-order valence-corrected chi connectivity index (χ1v) is 19.2. The molecule has 0 spiro atoms. The Hall–Kier alpha value is -4.46. The van der Waals surface area contributed by atoms with Gasteiger partial charge in [0.1, 0.15) is 29.8 Å². The maximum absolute atomic E-state index is 14.2. The highest BCUT2D eigenvalue weighted by Gasteiger charge is 2.36. The highest BCUT2D eigenvalue weighted by molar-refractivity contribution is 7.18. The van der Waals surface area contributed by atoms with Gasteiger partial charge in [-0.05, 0) is 98.2 Å². The third-order valence-corrected chi connectivity index (χ3v) is 10.7. The van der Waals surface area contributed by atoms with Gasteiger partial charge in [0, 0.05) is 17.9 Å². The van der Waals surface area contributed by atoms with Crippen molar-refractivity contribution >= 4 is 56.8 Å². The molecular weight excluding hydrogens is 722 g/mol. The van der Waals surface area contributed by atoms with Gasteiger partial charge in [0.25, 0.3) is 0 Å². The number of thiazole rings is 1. The third kappa shape index (κ3) is 11.0. The van der Waals surface area contributed by atoms with Gasteiger partial charge in [0.15, 0.2) is 0 Å². The predicted molar refractivity (Wildman–Crippen MR) is 202 cm³/mol. The van der Waals surface area contributed by atoms with Crippen molar-refractivity contribution < 1.29 is 28.0 Å². The van der Waals surface area contributed by atoms with Crippen LogP contribution in [0.5, 0.6) is 0 Å². The van der Waals surface area contributed by atoms with Gasteiger partial charge in [-0.1, -0.05) is 55.6 Å². The Bertz CT molecular complexity index is 1820. The van der Waals surface area contributed by atoms with Crippen molar-refractivity contribution in [3.63, 3.8) is 0 Å². The molecule has 0 radical (unpaired) electrons. The van der Waals surface area contributed by atoms with Crippen LogP contribution in [0.4, 0.5) is 8.78 Å². The molecule has 0 saturated heterocycles. The van der Waals surface area contributed by atoms with E-state index in [2.05, 4.69) is 26.3 Å². The molecule has 1 fully saturated rings. The topological polar surface area (TPSA) is 155 Å². The highest BCUT2D eigenvalue weighted by Crippen LogP contribution is 2.29. The van der Waals surface area contributed by atoms with Crippen LogP contribution in [0.2, 0.25) is 5.02 Å². The number of carbonyl (C=O) groups excluding carboxylic acids is 4. The van der Waals surface area contributed by atoms with Crippen LogP contribution in [0.1, 0.15) is 80.5 Å². The first kappa shape index (κ1) is 39.7. The molecule has 6 N–H and O–H groups in total. The zero-order valence-electron chi connectivity index (χ0n) is 29.5. The van der Waals surface area contributed by atoms with E-state index in [4.69, 9.17) is 17.3 Å². The maximum atomic E-state index is 14.2. The fourth-order valence-corrected chi connectivity index (χ4v) is 7.88. The molecule has 14 heteroatoms. The van der Waals surface area contributed by atoms with E-state index < -0.39 is 53.5 Å². The van der Waals surface area contributed by atoms with E-state index in [0.717, 1.165) is 23.1 Å². The third-order valence-electron chi connectivity index (χ3n) is 9.47. The van der Waals surface area contributed by atoms with E-state index in [1.807, 2.05) is 0 Å². The minimum atomic E-state index is -1.01. The molecule has 4 aromatic rings. The van der Waals surface area contributed by atoms with Crippen molar-refractivity contribution in [1.29, 1.82) is 0 Å². The Morgan fingerprint density at radius 2 is 1.45 bits per heavy atom. The first-order chi connectivity index (χ1) is 25.5. The molecule has 1 aliphatic rings. The van der Waals surface area contributed by atoms with Gasteiger partial charge in [-0.15, -0.1) is 11.3 Å². The van der Waals surface area contributed by atoms with E-state index in [1.54, 1.807) is 25.1 Å². The number of aromatic nitrogens is 1. The lowest BCUT2D eigenvalue weighted by Gasteiger charge is -2.29. The van der Waals surface area contributed by atoms with Gasteiger partial charge in [-0.25, -0.2) is 13.8 Å². The van der Waals surface area contributed by atoms with Crippen LogP contribution < -0.4 is 27.0 Å². The van der Waals surface area contributed by atoms with Crippen LogP contribution in [0.25, 0.3) is 10.2 Å². The molecule has 0 bridgehead atoms. The lowest BCUT2D eigenvalue weighted by Crippen LogP contribution is -2.59. The standard InChI is InChI=1S/C39H45ClF2N6O4S/c1-2-33(49)44-31(22-34-45-29-19-14-26(40)21-32(29)53-34)38(51)48-36(23-7-3-4-8-23)39(52)46-30(9-5-6-20-43)37(50)47-35(24-10-15-27(41)16-11-24)25-12-17-28(42)18-13-25/h10-19,21,23,30-31,35-36H,2-9,20,22,43H2,1H3,(H,44,49)(H,46,52)(H,47,50)(H,48,51)/t30-,31-,36-/m0/s1. The van der Waals surface area contributed by atoms with Crippen LogP contribution in [0, 0.1) is 17.6 Å². The summed E-state index contributed by atoms with van der Waals surface area (Å²) in [5.41, 5.74) is 7.60. The fraction of sp³-hybridized carbons (Fsp3) is 0.410. The van der Waals surface area contributed by atoms with Gasteiger partial charge >= 0.3 is 0 Å². The number of halogens is 3. The van der Waals surface area contributed by atoms with Crippen molar-refractivity contribution in [1.82, 2.24) is 26.3 Å². The Morgan fingerprint density at radius 3 is 2.06 bits per heavy atom. The number of nitrogens with zero attached hydrogens (tertiary/aromatic N) is 1. The number of amides is 4. The molecule has 1 heterocycles. The van der Waals surface area contributed by atoms with E-state index in [0.29, 0.717) is 53.4 Å². The van der Waals surface area contributed by atoms with Gasteiger partial charge < -0.3 is 27.0 Å². The average molecular weight is 767 g/mol. The number of hydrogen-bond donors (Lipinski definition) is 5. The summed E-state index contributed by atoms with van der Waals surface area (Å²) in [6.07, 6.45) is 4.82. The smallest absolute Gasteiger partial charge is 0.243 e. The summed E-state index contributed by atoms with van der Waals surface area (Å²) < 4.78 is 28.5. The summed E-state index contributed by atoms with van der Waals surface area (Å²) in [4.78, 5) is 59.4. The summed E-state index contributed by atoms with van der Waals surface area (Å²) in [6.45, 7) is 2.08. The second-order valence-corrected chi connectivity index (χ2v) is 14.9. The SMILES string of the molecule is CCC(=O)N[C@@H](Cc1nc2ccc(Cl)cc2s1)C(=O)N[C@H](C(=O)N[C@@H](CCCCN)C(=O)NC(c1ccc(F)cc1)c1ccc(F)cc1)C1CCCC1. The largest absolute Gasteiger partial charge is 0.344 e. The minimum absolute atomic E-state index is 0.103. The molecule has 5 rings (SSSR count). The minimum Gasteiger partial charge on any atom is -0.344 e. The van der Waals surface area contributed by atoms with Crippen LogP contribution in [-0.2, 0) is 25.6 Å². The van der Waals surface area contributed by atoms with Crippen molar-refractivity contribution in [2.45, 2.75) is 88.9 Å². The highest BCUT2D eigenvalue weighted by atomic mass is 35.5. The van der Waals surface area contributed by atoms with E-state index in [1.165, 1.54) is 59.9 Å². The number of hydrogen-bond acceptors (Lipinski definition) is 7. The summed E-state index contributed by atoms with van der Waals surface area (Å²) in [5.74, 6) is -2.98. The zero-order valence-corrected chi connectivity index (χ0v) is 31.1. The predicted octanol–water partition coefficient (Wildman–Crippen LogP) is 5.86. The van der Waals surface area contributed by atoms with Crippen molar-refractivity contribution in [2.75, 3.05) is 6.54 Å². The van der Waals surface area contributed by atoms with Crippen LogP contribution >= 0.6 is 22.9 Å². The Morgan fingerprint density at radius 1 is 0.830 bits per heavy atom. The number of fused-ring (bicyclic) bond motifs is 1. The van der Waals surface area contributed by atoms with Gasteiger partial charge in [-0.2, -0.15) is 0 Å². The zero-order chi connectivity index (χ0) is 37.9. The average Bonchev–Trinajstić information content (AvgIpc) is 3.83. The number of nitrogens with two attached hydrogens (primary N) is 1. The van der Waals surface area contributed by atoms with Crippen LogP contribution in [-0.4, -0.2) is 53.3 Å². The Balaban J connectivity index is 1.37. The molecule has 4 amide bonds. The number of benzene rings is 3. The Kier molecular flexibility index (Phi) is 14.3. The quantitative estimate of drug-likeness (QED) is 0.0849. The van der Waals surface area contributed by atoms with Gasteiger partial charge in [0.2, 0.25) is 23.6 Å². The molecule has 0 aliphatic heterocycles. The molecule has 1 saturated carbocycles. The number of carbonyl (C=O) groups is 4. The van der Waals surface area contributed by atoms with Crippen molar-refractivity contribution in [2.24, 2.45) is 11.7 Å². The lowest BCUT2D eigenvalue weighted by atomic mass is 9.95. The van der Waals surface area contributed by atoms with Crippen LogP contribution in [0.3, 0.4) is 0 Å². The monoisotopic (exact) mass is 766 g/mol. The summed E-state index contributed by atoms with van der Waals surface area (Å²) in [5, 5.41) is 12.8. The number of nitrogens with one attached hydrogen (secondary N) is 4. The normalized spacial score (nSPS) is 14.8. The molecule has 282 valence electrons. The van der Waals surface area contributed by atoms with E-state index in [-0.39, 0.29) is 31.1 Å². The maximum Gasteiger partial charge on any atom is 0.243 e. The summed E-state index contributed by atoms with van der Waals surface area (Å²) in [6, 6.07) is 12.8. The molecule has 1 aromatic heterocycles. The molecular formula is C39H45ClF2N6O4S. The summed E-state index contributed by atoms with van der Waals surface area (Å²) in [7, 11) is 0. The second kappa shape index (κ2) is 19.0. The first-order valence-electron chi connectivity index (χ1n) is 18.0. The molecule has 3 atom stereocenters. The van der Waals surface area contributed by atoms with E-state index in [9.17, 15) is 28.0 Å². The molecule has 1 aliphatic carbocycles. The lowest BCUT2D eigenvalue weighted by molar-refractivity contribution is -0.135. The number of unbranched alkanes of at least 4 members (excludes halogenated alkanes) is 1. The molecule has 53 heavy (non-hydrogen) atoms. The molecule has 10 nitrogen and oxygen atoms in total. The summed E-state index contributed by atoms with van der Waals surface area (Å²) >= 11 is 7.54. The number of rotatable bonds is 17. The molecule has 0 unspecified atom stereocenters. The van der Waals surface area contributed by atoms with Gasteiger partial charge in [0.05, 0.1) is 21.3 Å². The molecule has 3 aromatic carbocycles. The second-order valence-electron chi connectivity index (χ2n) is 13.3. The van der Waals surface area contributed by atoms with Crippen molar-refractivity contribution in [3.05, 3.63) is 99.5 Å². The fourth-order valence-electron chi connectivity index (χ4n) is 6.59. The van der Waals surface area contributed by atoms with Crippen LogP contribution in [0.15, 0.2) is 66.7 Å². The van der Waals surface area contributed by atoms with Gasteiger partial charge in [-0.3, -0.25) is 19.2 Å². The van der Waals surface area contributed by atoms with Crippen molar-refractivity contribution in [3.8, 4) is 0 Å². The Labute approximate surface area is 316 Å². The van der Waals surface area contributed by atoms with E-state index >= 15 is 0 Å².